The zero-order valence-corrected chi connectivity index (χ0v) is 18.0. The smallest absolute Gasteiger partial charge is 0.225 e. The molecule has 0 spiro atoms. The van der Waals surface area contributed by atoms with E-state index in [1.165, 1.54) is 11.1 Å². The first kappa shape index (κ1) is 19.7. The van der Waals surface area contributed by atoms with Gasteiger partial charge in [-0.2, -0.15) is 0 Å². The fourth-order valence-corrected chi connectivity index (χ4v) is 4.22. The lowest BCUT2D eigenvalue weighted by molar-refractivity contribution is -0.120. The molecule has 0 atom stereocenters. The minimum atomic E-state index is 0.0140. The summed E-state index contributed by atoms with van der Waals surface area (Å²) < 4.78 is 2.02. The molecule has 1 N–H and O–H groups in total. The third-order valence-corrected chi connectivity index (χ3v) is 6.22. The number of hydrogen-bond acceptors (Lipinski definition) is 3. The maximum Gasteiger partial charge on any atom is 0.225 e. The van der Waals surface area contributed by atoms with E-state index < -0.39 is 0 Å². The summed E-state index contributed by atoms with van der Waals surface area (Å²) in [5.41, 5.74) is 6.66. The predicted octanol–water partition coefficient (Wildman–Crippen LogP) is 5.23. The molecule has 0 radical (unpaired) electrons. The summed E-state index contributed by atoms with van der Waals surface area (Å²) in [5.74, 6) is 0.0140. The number of nitrogens with one attached hydrogen (secondary N) is 1. The Hall–Kier alpha value is -2.63. The van der Waals surface area contributed by atoms with E-state index in [0.717, 1.165) is 38.9 Å². The second-order valence-corrected chi connectivity index (χ2v) is 8.48. The van der Waals surface area contributed by atoms with Crippen LogP contribution in [0.25, 0.3) is 16.2 Å². The van der Waals surface area contributed by atoms with Crippen LogP contribution >= 0.6 is 22.9 Å². The number of thiazole rings is 1. The molecule has 0 unspecified atom stereocenters. The van der Waals surface area contributed by atoms with E-state index in [1.807, 2.05) is 40.2 Å². The normalized spacial score (nSPS) is 11.1. The van der Waals surface area contributed by atoms with E-state index >= 15 is 0 Å². The molecule has 4 aromatic rings. The number of benzene rings is 2. The average molecular weight is 424 g/mol. The van der Waals surface area contributed by atoms with Gasteiger partial charge in [-0.15, -0.1) is 11.3 Å². The molecule has 4 rings (SSSR count). The van der Waals surface area contributed by atoms with Crippen molar-refractivity contribution in [2.24, 2.45) is 0 Å². The van der Waals surface area contributed by atoms with Gasteiger partial charge in [0.2, 0.25) is 5.91 Å². The fourth-order valence-electron chi connectivity index (χ4n) is 3.22. The van der Waals surface area contributed by atoms with Crippen LogP contribution in [0.1, 0.15) is 22.4 Å². The maximum absolute atomic E-state index is 12.4. The molecule has 2 heterocycles. The van der Waals surface area contributed by atoms with E-state index in [-0.39, 0.29) is 5.91 Å². The van der Waals surface area contributed by atoms with Crippen LogP contribution in [-0.4, -0.2) is 21.8 Å². The number of fused-ring (bicyclic) bond motifs is 1. The number of rotatable bonds is 6. The van der Waals surface area contributed by atoms with Gasteiger partial charge in [-0.25, -0.2) is 4.98 Å². The lowest BCUT2D eigenvalue weighted by Crippen LogP contribution is -2.27. The van der Waals surface area contributed by atoms with Crippen molar-refractivity contribution in [3.8, 4) is 11.3 Å². The van der Waals surface area contributed by atoms with E-state index in [1.54, 1.807) is 11.3 Å². The second kappa shape index (κ2) is 8.39. The first-order valence-corrected chi connectivity index (χ1v) is 10.8. The lowest BCUT2D eigenvalue weighted by atomic mass is 10.0. The average Bonchev–Trinajstić information content (AvgIpc) is 3.28. The fraction of sp³-hybridized carbons (Fsp3) is 0.217. The van der Waals surface area contributed by atoms with Gasteiger partial charge in [-0.3, -0.25) is 9.20 Å². The Balaban J connectivity index is 1.41. The third-order valence-electron chi connectivity index (χ3n) is 5.08. The van der Waals surface area contributed by atoms with Gasteiger partial charge in [-0.1, -0.05) is 35.9 Å². The van der Waals surface area contributed by atoms with Crippen LogP contribution in [0.2, 0.25) is 5.02 Å². The molecule has 2 aromatic heterocycles. The van der Waals surface area contributed by atoms with Gasteiger partial charge in [0.25, 0.3) is 0 Å². The second-order valence-electron chi connectivity index (χ2n) is 7.21. The van der Waals surface area contributed by atoms with Crippen LogP contribution in [0.5, 0.6) is 0 Å². The molecule has 6 heteroatoms. The molecule has 29 heavy (non-hydrogen) atoms. The summed E-state index contributed by atoms with van der Waals surface area (Å²) >= 11 is 7.46. The SMILES string of the molecule is Cc1ccc(-c2cn3c(CC(=O)NCCc4ccc(Cl)cc4)csc3n2)cc1C. The Labute approximate surface area is 179 Å². The standard InChI is InChI=1S/C23H22ClN3OS/c1-15-3-6-18(11-16(15)2)21-13-27-20(14-29-23(27)26-21)12-22(28)25-10-9-17-4-7-19(24)8-5-17/h3-8,11,13-14H,9-10,12H2,1-2H3,(H,25,28). The van der Waals surface area contributed by atoms with Gasteiger partial charge < -0.3 is 5.32 Å². The molecule has 0 aliphatic carbocycles. The van der Waals surface area contributed by atoms with Crippen LogP contribution in [0.15, 0.2) is 54.0 Å². The number of amides is 1. The van der Waals surface area contributed by atoms with Gasteiger partial charge >= 0.3 is 0 Å². The predicted molar refractivity (Wildman–Crippen MR) is 120 cm³/mol. The Bertz CT molecular complexity index is 1160. The van der Waals surface area contributed by atoms with E-state index in [9.17, 15) is 4.79 Å². The summed E-state index contributed by atoms with van der Waals surface area (Å²) in [4.78, 5) is 18.0. The molecule has 0 aliphatic rings. The van der Waals surface area contributed by atoms with Gasteiger partial charge in [0, 0.05) is 34.4 Å². The Kier molecular flexibility index (Phi) is 5.69. The number of carbonyl (C=O) groups excluding carboxylic acids is 1. The molecule has 148 valence electrons. The number of nitrogens with zero attached hydrogens (tertiary/aromatic N) is 2. The number of imidazole rings is 1. The number of carbonyl (C=O) groups is 1. The molecule has 0 saturated carbocycles. The van der Waals surface area contributed by atoms with Crippen molar-refractivity contribution in [1.82, 2.24) is 14.7 Å². The maximum atomic E-state index is 12.4. The van der Waals surface area contributed by atoms with Gasteiger partial charge in [0.05, 0.1) is 12.1 Å². The molecule has 4 nitrogen and oxygen atoms in total. The van der Waals surface area contributed by atoms with Crippen LogP contribution in [0.4, 0.5) is 0 Å². The van der Waals surface area contributed by atoms with Crippen molar-refractivity contribution >= 4 is 33.8 Å². The monoisotopic (exact) mass is 423 g/mol. The lowest BCUT2D eigenvalue weighted by Gasteiger charge is -2.05. The third kappa shape index (κ3) is 4.52. The number of aromatic nitrogens is 2. The first-order valence-electron chi connectivity index (χ1n) is 9.54. The summed E-state index contributed by atoms with van der Waals surface area (Å²) in [6, 6.07) is 14.1. The highest BCUT2D eigenvalue weighted by Gasteiger charge is 2.13. The molecule has 0 fully saturated rings. The highest BCUT2D eigenvalue weighted by Crippen LogP contribution is 2.25. The largest absolute Gasteiger partial charge is 0.355 e. The minimum absolute atomic E-state index is 0.0140. The molecule has 0 saturated heterocycles. The number of halogens is 1. The summed E-state index contributed by atoms with van der Waals surface area (Å²) in [6.45, 7) is 4.82. The molecular formula is C23H22ClN3OS. The van der Waals surface area contributed by atoms with Crippen molar-refractivity contribution in [2.45, 2.75) is 26.7 Å². The van der Waals surface area contributed by atoms with Gasteiger partial charge in [-0.05, 0) is 55.2 Å². The highest BCUT2D eigenvalue weighted by atomic mass is 35.5. The van der Waals surface area contributed by atoms with Crippen LogP contribution < -0.4 is 5.32 Å². The van der Waals surface area contributed by atoms with Crippen LogP contribution in [0.3, 0.4) is 0 Å². The van der Waals surface area contributed by atoms with Crippen molar-refractivity contribution in [1.29, 1.82) is 0 Å². The molecule has 2 aromatic carbocycles. The molecule has 1 amide bonds. The van der Waals surface area contributed by atoms with Crippen LogP contribution in [-0.2, 0) is 17.6 Å². The zero-order chi connectivity index (χ0) is 20.4. The quantitative estimate of drug-likeness (QED) is 0.461. The van der Waals surface area contributed by atoms with E-state index in [2.05, 4.69) is 37.4 Å². The van der Waals surface area contributed by atoms with Gasteiger partial charge in [0.15, 0.2) is 4.96 Å². The minimum Gasteiger partial charge on any atom is -0.355 e. The highest BCUT2D eigenvalue weighted by molar-refractivity contribution is 7.15. The Morgan fingerprint density at radius 3 is 2.69 bits per heavy atom. The Morgan fingerprint density at radius 2 is 1.93 bits per heavy atom. The van der Waals surface area contributed by atoms with Crippen molar-refractivity contribution < 1.29 is 4.79 Å². The summed E-state index contributed by atoms with van der Waals surface area (Å²) in [7, 11) is 0. The van der Waals surface area contributed by atoms with E-state index in [4.69, 9.17) is 16.6 Å². The summed E-state index contributed by atoms with van der Waals surface area (Å²) in [6.07, 6.45) is 3.14. The van der Waals surface area contributed by atoms with Crippen molar-refractivity contribution in [2.75, 3.05) is 6.54 Å². The molecule has 0 aliphatic heterocycles. The summed E-state index contributed by atoms with van der Waals surface area (Å²) in [5, 5.41) is 5.73. The zero-order valence-electron chi connectivity index (χ0n) is 16.4. The first-order chi connectivity index (χ1) is 14.0. The topological polar surface area (TPSA) is 46.4 Å². The van der Waals surface area contributed by atoms with Crippen LogP contribution in [0, 0.1) is 13.8 Å². The number of hydrogen-bond donors (Lipinski definition) is 1. The molecular weight excluding hydrogens is 402 g/mol. The van der Waals surface area contributed by atoms with Gasteiger partial charge in [0.1, 0.15) is 0 Å². The molecule has 0 bridgehead atoms. The number of aryl methyl sites for hydroxylation is 2. The van der Waals surface area contributed by atoms with Crippen molar-refractivity contribution in [3.63, 3.8) is 0 Å². The Morgan fingerprint density at radius 1 is 1.14 bits per heavy atom. The van der Waals surface area contributed by atoms with E-state index in [0.29, 0.717) is 13.0 Å². The van der Waals surface area contributed by atoms with Crippen molar-refractivity contribution in [3.05, 3.63) is 81.4 Å².